The molecule has 1 aliphatic heterocycles. The van der Waals surface area contributed by atoms with Crippen molar-refractivity contribution in [1.29, 1.82) is 5.26 Å². The van der Waals surface area contributed by atoms with E-state index in [1.54, 1.807) is 10.6 Å². The molecule has 1 aliphatic rings. The standard InChI is InChI=1S/C14H17N5O/c1-11-2-3-12(10-15)14-16-13(17-19(11)14)4-5-18-6-8-20-9-7-18/h2-3H,4-9H2,1H3. The topological polar surface area (TPSA) is 66.5 Å². The highest BCUT2D eigenvalue weighted by molar-refractivity contribution is 5.55. The average molecular weight is 271 g/mol. The Morgan fingerprint density at radius 1 is 1.35 bits per heavy atom. The van der Waals surface area contributed by atoms with E-state index in [0.29, 0.717) is 11.2 Å². The maximum Gasteiger partial charge on any atom is 0.173 e. The van der Waals surface area contributed by atoms with Crippen LogP contribution in [0.3, 0.4) is 0 Å². The van der Waals surface area contributed by atoms with Gasteiger partial charge in [-0.05, 0) is 19.1 Å². The molecule has 0 saturated carbocycles. The highest BCUT2D eigenvalue weighted by Gasteiger charge is 2.13. The summed E-state index contributed by atoms with van der Waals surface area (Å²) in [5, 5.41) is 13.6. The van der Waals surface area contributed by atoms with Gasteiger partial charge in [-0.2, -0.15) is 10.4 Å². The number of rotatable bonds is 3. The van der Waals surface area contributed by atoms with Gasteiger partial charge in [-0.1, -0.05) is 0 Å². The third kappa shape index (κ3) is 2.50. The summed E-state index contributed by atoms with van der Waals surface area (Å²) in [6, 6.07) is 5.86. The lowest BCUT2D eigenvalue weighted by atomic mass is 10.2. The number of morpholine rings is 1. The van der Waals surface area contributed by atoms with Crippen molar-refractivity contribution in [3.8, 4) is 6.07 Å². The molecule has 104 valence electrons. The molecule has 3 heterocycles. The van der Waals surface area contributed by atoms with Gasteiger partial charge in [0.2, 0.25) is 0 Å². The quantitative estimate of drug-likeness (QED) is 0.825. The minimum atomic E-state index is 0.570. The van der Waals surface area contributed by atoms with Crippen LogP contribution in [0.4, 0.5) is 0 Å². The first-order valence-electron chi connectivity index (χ1n) is 6.83. The molecule has 3 rings (SSSR count). The number of nitriles is 1. The number of aryl methyl sites for hydroxylation is 1. The molecule has 2 aromatic rings. The van der Waals surface area contributed by atoms with Gasteiger partial charge in [-0.15, -0.1) is 0 Å². The highest BCUT2D eigenvalue weighted by atomic mass is 16.5. The van der Waals surface area contributed by atoms with E-state index in [4.69, 9.17) is 10.00 Å². The van der Waals surface area contributed by atoms with E-state index in [1.165, 1.54) is 0 Å². The summed E-state index contributed by atoms with van der Waals surface area (Å²) in [7, 11) is 0. The van der Waals surface area contributed by atoms with Crippen LogP contribution < -0.4 is 0 Å². The molecule has 0 atom stereocenters. The van der Waals surface area contributed by atoms with Gasteiger partial charge < -0.3 is 4.74 Å². The van der Waals surface area contributed by atoms with Crippen LogP contribution in [-0.4, -0.2) is 52.3 Å². The number of fused-ring (bicyclic) bond motifs is 1. The minimum absolute atomic E-state index is 0.570. The summed E-state index contributed by atoms with van der Waals surface area (Å²) in [6.07, 6.45) is 0.798. The van der Waals surface area contributed by atoms with E-state index >= 15 is 0 Å². The molecule has 0 unspecified atom stereocenters. The normalized spacial score (nSPS) is 16.4. The van der Waals surface area contributed by atoms with Gasteiger partial charge in [0.05, 0.1) is 18.8 Å². The van der Waals surface area contributed by atoms with Crippen LogP contribution in [0.1, 0.15) is 17.1 Å². The van der Waals surface area contributed by atoms with E-state index in [0.717, 1.165) is 50.8 Å². The molecule has 0 bridgehead atoms. The molecule has 0 N–H and O–H groups in total. The SMILES string of the molecule is Cc1ccc(C#N)c2nc(CCN3CCOCC3)nn12. The molecule has 0 amide bonds. The van der Waals surface area contributed by atoms with Crippen molar-refractivity contribution in [1.82, 2.24) is 19.5 Å². The number of hydrogen-bond donors (Lipinski definition) is 0. The number of ether oxygens (including phenoxy) is 1. The number of aromatic nitrogens is 3. The average Bonchev–Trinajstić information content (AvgIpc) is 2.92. The largest absolute Gasteiger partial charge is 0.379 e. The van der Waals surface area contributed by atoms with Gasteiger partial charge >= 0.3 is 0 Å². The van der Waals surface area contributed by atoms with E-state index in [1.807, 2.05) is 13.0 Å². The fraction of sp³-hybridized carbons (Fsp3) is 0.500. The van der Waals surface area contributed by atoms with Crippen LogP contribution in [0.5, 0.6) is 0 Å². The van der Waals surface area contributed by atoms with Crippen molar-refractivity contribution in [2.24, 2.45) is 0 Å². The van der Waals surface area contributed by atoms with Crippen LogP contribution in [0.2, 0.25) is 0 Å². The minimum Gasteiger partial charge on any atom is -0.379 e. The molecule has 0 aliphatic carbocycles. The van der Waals surface area contributed by atoms with Crippen LogP contribution in [-0.2, 0) is 11.2 Å². The summed E-state index contributed by atoms with van der Waals surface area (Å²) in [5.41, 5.74) is 2.22. The molecule has 20 heavy (non-hydrogen) atoms. The molecular weight excluding hydrogens is 254 g/mol. The van der Waals surface area contributed by atoms with Gasteiger partial charge in [0.1, 0.15) is 6.07 Å². The van der Waals surface area contributed by atoms with Crippen LogP contribution in [0, 0.1) is 18.3 Å². The Labute approximate surface area is 117 Å². The molecule has 1 saturated heterocycles. The Kier molecular flexibility index (Phi) is 3.63. The third-order valence-corrected chi connectivity index (χ3v) is 3.59. The maximum absolute atomic E-state index is 9.12. The van der Waals surface area contributed by atoms with Gasteiger partial charge in [0.15, 0.2) is 11.5 Å². The Balaban J connectivity index is 1.79. The monoisotopic (exact) mass is 271 g/mol. The lowest BCUT2D eigenvalue weighted by Gasteiger charge is -2.25. The number of hydrogen-bond acceptors (Lipinski definition) is 5. The Hall–Kier alpha value is -1.97. The fourth-order valence-electron chi connectivity index (χ4n) is 2.40. The van der Waals surface area contributed by atoms with Crippen molar-refractivity contribution in [2.45, 2.75) is 13.3 Å². The second-order valence-electron chi connectivity index (χ2n) is 4.97. The summed E-state index contributed by atoms with van der Waals surface area (Å²) in [5.74, 6) is 0.794. The van der Waals surface area contributed by atoms with Gasteiger partial charge in [0.25, 0.3) is 0 Å². The molecular formula is C14H17N5O. The number of pyridine rings is 1. The summed E-state index contributed by atoms with van der Waals surface area (Å²) in [4.78, 5) is 6.85. The molecule has 0 aromatic carbocycles. The number of nitrogens with zero attached hydrogens (tertiary/aromatic N) is 5. The Morgan fingerprint density at radius 3 is 2.90 bits per heavy atom. The van der Waals surface area contributed by atoms with Crippen LogP contribution in [0.25, 0.3) is 5.65 Å². The summed E-state index contributed by atoms with van der Waals surface area (Å²) < 4.78 is 7.09. The molecule has 0 spiro atoms. The van der Waals surface area contributed by atoms with E-state index in [-0.39, 0.29) is 0 Å². The second-order valence-corrected chi connectivity index (χ2v) is 4.97. The van der Waals surface area contributed by atoms with Crippen LogP contribution >= 0.6 is 0 Å². The predicted octanol–water partition coefficient (Wildman–Crippen LogP) is 0.784. The van der Waals surface area contributed by atoms with Crippen molar-refractivity contribution in [3.05, 3.63) is 29.2 Å². The predicted molar refractivity (Wildman–Crippen MR) is 73.4 cm³/mol. The van der Waals surface area contributed by atoms with Gasteiger partial charge in [-0.25, -0.2) is 9.50 Å². The summed E-state index contributed by atoms with van der Waals surface area (Å²) >= 11 is 0. The smallest absolute Gasteiger partial charge is 0.173 e. The molecule has 1 fully saturated rings. The second kappa shape index (κ2) is 5.57. The molecule has 0 radical (unpaired) electrons. The lowest BCUT2D eigenvalue weighted by molar-refractivity contribution is 0.0382. The van der Waals surface area contributed by atoms with Crippen molar-refractivity contribution in [3.63, 3.8) is 0 Å². The zero-order valence-electron chi connectivity index (χ0n) is 11.5. The van der Waals surface area contributed by atoms with Gasteiger partial charge in [0, 0.05) is 31.7 Å². The van der Waals surface area contributed by atoms with E-state index in [2.05, 4.69) is 21.1 Å². The summed E-state index contributed by atoms with van der Waals surface area (Å²) in [6.45, 7) is 6.44. The zero-order valence-corrected chi connectivity index (χ0v) is 11.5. The molecule has 2 aromatic heterocycles. The Bertz CT molecular complexity index is 651. The maximum atomic E-state index is 9.12. The van der Waals surface area contributed by atoms with Crippen molar-refractivity contribution < 1.29 is 4.74 Å². The fourth-order valence-corrected chi connectivity index (χ4v) is 2.40. The first-order valence-corrected chi connectivity index (χ1v) is 6.83. The van der Waals surface area contributed by atoms with E-state index in [9.17, 15) is 0 Å². The molecule has 6 nitrogen and oxygen atoms in total. The zero-order chi connectivity index (χ0) is 13.9. The van der Waals surface area contributed by atoms with Crippen molar-refractivity contribution >= 4 is 5.65 Å². The van der Waals surface area contributed by atoms with Crippen LogP contribution in [0.15, 0.2) is 12.1 Å². The highest BCUT2D eigenvalue weighted by Crippen LogP contribution is 2.11. The first kappa shape index (κ1) is 13.0. The lowest BCUT2D eigenvalue weighted by Crippen LogP contribution is -2.37. The molecule has 6 heteroatoms. The first-order chi connectivity index (χ1) is 9.78. The third-order valence-electron chi connectivity index (χ3n) is 3.59. The van der Waals surface area contributed by atoms with E-state index < -0.39 is 0 Å². The Morgan fingerprint density at radius 2 is 2.15 bits per heavy atom. The van der Waals surface area contributed by atoms with Crippen molar-refractivity contribution in [2.75, 3.05) is 32.8 Å². The van der Waals surface area contributed by atoms with Gasteiger partial charge in [-0.3, -0.25) is 4.90 Å².